The number of carbonyl (C=O) groups excluding carboxylic acids is 1. The molecule has 0 bridgehead atoms. The fraction of sp³-hybridized carbons (Fsp3) is 0.133. The molecular formula is C15H14BrNO4S. The monoisotopic (exact) mass is 383 g/mol. The van der Waals surface area contributed by atoms with Crippen molar-refractivity contribution in [1.29, 1.82) is 0 Å². The second kappa shape index (κ2) is 6.50. The first-order valence-corrected chi connectivity index (χ1v) is 8.90. The van der Waals surface area contributed by atoms with E-state index in [0.717, 1.165) is 10.5 Å². The highest BCUT2D eigenvalue weighted by Crippen LogP contribution is 2.27. The summed E-state index contributed by atoms with van der Waals surface area (Å²) in [5.74, 6) is -0.745. The van der Waals surface area contributed by atoms with Gasteiger partial charge < -0.3 is 10.4 Å². The second-order valence-electron chi connectivity index (χ2n) is 4.54. The summed E-state index contributed by atoms with van der Waals surface area (Å²) in [5.41, 5.74) is 0.579. The molecule has 0 heterocycles. The Bertz CT molecular complexity index is 801. The third-order valence-corrected chi connectivity index (χ3v) is 5.32. The molecular weight excluding hydrogens is 370 g/mol. The molecule has 5 nitrogen and oxygen atoms in total. The van der Waals surface area contributed by atoms with Crippen molar-refractivity contribution < 1.29 is 18.3 Å². The van der Waals surface area contributed by atoms with E-state index in [1.807, 2.05) is 0 Å². The summed E-state index contributed by atoms with van der Waals surface area (Å²) >= 11 is 3.28. The number of benzene rings is 2. The molecule has 116 valence electrons. The molecule has 7 heteroatoms. The van der Waals surface area contributed by atoms with Crippen LogP contribution in [0, 0.1) is 0 Å². The number of rotatable bonds is 4. The highest BCUT2D eigenvalue weighted by atomic mass is 79.9. The minimum Gasteiger partial charge on any atom is -0.506 e. The van der Waals surface area contributed by atoms with Crippen LogP contribution in [0.2, 0.25) is 0 Å². The molecule has 0 aliphatic carbocycles. The van der Waals surface area contributed by atoms with Gasteiger partial charge in [0.15, 0.2) is 9.84 Å². The predicted octanol–water partition coefficient (Wildman–Crippen LogP) is 3.20. The van der Waals surface area contributed by atoms with Crippen molar-refractivity contribution in [3.63, 3.8) is 0 Å². The largest absolute Gasteiger partial charge is 0.506 e. The zero-order chi connectivity index (χ0) is 16.3. The van der Waals surface area contributed by atoms with Gasteiger partial charge in [-0.2, -0.15) is 0 Å². The normalized spacial score (nSPS) is 11.2. The number of anilines is 1. The number of phenols is 1. The van der Waals surface area contributed by atoms with Crippen LogP contribution in [0.4, 0.5) is 5.69 Å². The lowest BCUT2D eigenvalue weighted by Gasteiger charge is -2.09. The van der Waals surface area contributed by atoms with Crippen LogP contribution in [-0.4, -0.2) is 25.2 Å². The molecule has 0 unspecified atom stereocenters. The minimum absolute atomic E-state index is 0.0224. The lowest BCUT2D eigenvalue weighted by atomic mass is 10.2. The fourth-order valence-corrected chi connectivity index (χ4v) is 2.94. The van der Waals surface area contributed by atoms with E-state index in [0.29, 0.717) is 5.56 Å². The van der Waals surface area contributed by atoms with E-state index < -0.39 is 15.7 Å². The Morgan fingerprint density at radius 3 is 2.36 bits per heavy atom. The SMILES string of the molecule is CCS(=O)(=O)c1ccc(NC(=O)c2ccc(Br)cc2)c(O)c1. The van der Waals surface area contributed by atoms with Crippen LogP contribution in [0.25, 0.3) is 0 Å². The molecule has 0 aliphatic rings. The Kier molecular flexibility index (Phi) is 4.87. The summed E-state index contributed by atoms with van der Waals surface area (Å²) in [6, 6.07) is 10.6. The molecule has 0 saturated carbocycles. The number of hydrogen-bond donors (Lipinski definition) is 2. The number of halogens is 1. The molecule has 22 heavy (non-hydrogen) atoms. The molecule has 2 aromatic rings. The van der Waals surface area contributed by atoms with Gasteiger partial charge in [0.25, 0.3) is 5.91 Å². The van der Waals surface area contributed by atoms with E-state index in [1.165, 1.54) is 19.1 Å². The number of carbonyl (C=O) groups is 1. The Morgan fingerprint density at radius 1 is 1.18 bits per heavy atom. The zero-order valence-electron chi connectivity index (χ0n) is 11.7. The molecule has 0 aromatic heterocycles. The Hall–Kier alpha value is -1.86. The maximum absolute atomic E-state index is 12.1. The second-order valence-corrected chi connectivity index (χ2v) is 7.74. The molecule has 0 spiro atoms. The van der Waals surface area contributed by atoms with Gasteiger partial charge in [-0.25, -0.2) is 8.42 Å². The maximum Gasteiger partial charge on any atom is 0.255 e. The summed E-state index contributed by atoms with van der Waals surface area (Å²) in [6.45, 7) is 1.52. The highest BCUT2D eigenvalue weighted by Gasteiger charge is 2.15. The van der Waals surface area contributed by atoms with Crippen molar-refractivity contribution in [2.75, 3.05) is 11.1 Å². The van der Waals surface area contributed by atoms with Gasteiger partial charge in [0.2, 0.25) is 0 Å². The molecule has 2 rings (SSSR count). The number of phenolic OH excluding ortho intramolecular Hbond substituents is 1. The number of amides is 1. The lowest BCUT2D eigenvalue weighted by molar-refractivity contribution is 0.102. The van der Waals surface area contributed by atoms with Crippen molar-refractivity contribution in [2.24, 2.45) is 0 Å². The lowest BCUT2D eigenvalue weighted by Crippen LogP contribution is -2.12. The number of nitrogens with one attached hydrogen (secondary N) is 1. The van der Waals surface area contributed by atoms with Crippen molar-refractivity contribution in [3.05, 3.63) is 52.5 Å². The number of sulfone groups is 1. The highest BCUT2D eigenvalue weighted by molar-refractivity contribution is 9.10. The van der Waals surface area contributed by atoms with Gasteiger partial charge >= 0.3 is 0 Å². The molecule has 0 saturated heterocycles. The summed E-state index contributed by atoms with van der Waals surface area (Å²) in [7, 11) is -3.40. The molecule has 2 aromatic carbocycles. The number of hydrogen-bond acceptors (Lipinski definition) is 4. The average Bonchev–Trinajstić information content (AvgIpc) is 2.49. The first kappa shape index (κ1) is 16.5. The van der Waals surface area contributed by atoms with Gasteiger partial charge in [-0.1, -0.05) is 22.9 Å². The van der Waals surface area contributed by atoms with E-state index in [1.54, 1.807) is 24.3 Å². The molecule has 1 amide bonds. The van der Waals surface area contributed by atoms with Crippen LogP contribution in [0.5, 0.6) is 5.75 Å². The topological polar surface area (TPSA) is 83.5 Å². The van der Waals surface area contributed by atoms with Crippen LogP contribution < -0.4 is 5.32 Å². The fourth-order valence-electron chi connectivity index (χ4n) is 1.77. The first-order chi connectivity index (χ1) is 10.3. The molecule has 2 N–H and O–H groups in total. The van der Waals surface area contributed by atoms with Crippen LogP contribution in [0.1, 0.15) is 17.3 Å². The van der Waals surface area contributed by atoms with Gasteiger partial charge in [0.05, 0.1) is 16.3 Å². The van der Waals surface area contributed by atoms with E-state index in [2.05, 4.69) is 21.2 Å². The maximum atomic E-state index is 12.1. The van der Waals surface area contributed by atoms with Crippen molar-refractivity contribution >= 4 is 37.4 Å². The Labute approximate surface area is 137 Å². The van der Waals surface area contributed by atoms with Gasteiger partial charge in [-0.05, 0) is 36.4 Å². The third kappa shape index (κ3) is 3.66. The number of aromatic hydroxyl groups is 1. The van der Waals surface area contributed by atoms with E-state index in [4.69, 9.17) is 0 Å². The van der Waals surface area contributed by atoms with E-state index >= 15 is 0 Å². The van der Waals surface area contributed by atoms with Crippen LogP contribution >= 0.6 is 15.9 Å². The Balaban J connectivity index is 2.24. The van der Waals surface area contributed by atoms with Crippen LogP contribution in [0.3, 0.4) is 0 Å². The van der Waals surface area contributed by atoms with Gasteiger partial charge in [-0.15, -0.1) is 0 Å². The molecule has 0 atom stereocenters. The quantitative estimate of drug-likeness (QED) is 0.793. The van der Waals surface area contributed by atoms with E-state index in [-0.39, 0.29) is 22.1 Å². The summed E-state index contributed by atoms with van der Waals surface area (Å²) < 4.78 is 24.3. The van der Waals surface area contributed by atoms with Gasteiger partial charge in [0, 0.05) is 16.1 Å². The van der Waals surface area contributed by atoms with Crippen LogP contribution in [-0.2, 0) is 9.84 Å². The average molecular weight is 384 g/mol. The standard InChI is InChI=1S/C15H14BrNO4S/c1-2-22(20,21)12-7-8-13(14(18)9-12)17-15(19)10-3-5-11(16)6-4-10/h3-9,18H,2H2,1H3,(H,17,19). The first-order valence-electron chi connectivity index (χ1n) is 6.46. The molecule has 0 fully saturated rings. The smallest absolute Gasteiger partial charge is 0.255 e. The third-order valence-electron chi connectivity index (χ3n) is 3.06. The van der Waals surface area contributed by atoms with Gasteiger partial charge in [-0.3, -0.25) is 4.79 Å². The Morgan fingerprint density at radius 2 is 1.82 bits per heavy atom. The summed E-state index contributed by atoms with van der Waals surface area (Å²) in [6.07, 6.45) is 0. The summed E-state index contributed by atoms with van der Waals surface area (Å²) in [5, 5.41) is 12.4. The zero-order valence-corrected chi connectivity index (χ0v) is 14.1. The van der Waals surface area contributed by atoms with E-state index in [9.17, 15) is 18.3 Å². The molecule has 0 radical (unpaired) electrons. The molecule has 0 aliphatic heterocycles. The predicted molar refractivity (Wildman–Crippen MR) is 87.9 cm³/mol. The van der Waals surface area contributed by atoms with Crippen molar-refractivity contribution in [3.8, 4) is 5.75 Å². The van der Waals surface area contributed by atoms with Crippen LogP contribution in [0.15, 0.2) is 51.8 Å². The van der Waals surface area contributed by atoms with Crippen molar-refractivity contribution in [1.82, 2.24) is 0 Å². The minimum atomic E-state index is -3.40. The van der Waals surface area contributed by atoms with Crippen molar-refractivity contribution in [2.45, 2.75) is 11.8 Å². The summed E-state index contributed by atoms with van der Waals surface area (Å²) in [4.78, 5) is 12.1. The van der Waals surface area contributed by atoms with Gasteiger partial charge in [0.1, 0.15) is 5.75 Å².